The van der Waals surface area contributed by atoms with E-state index in [1.807, 2.05) is 6.08 Å². The van der Waals surface area contributed by atoms with Crippen LogP contribution in [-0.4, -0.2) is 193 Å². The molecule has 3 rings (SSSR count). The molecule has 100 heavy (non-hydrogen) atoms. The second-order valence-electron chi connectivity index (χ2n) is 28.1. The van der Waals surface area contributed by atoms with Gasteiger partial charge in [0, 0.05) is 6.42 Å². The number of carbonyl (C=O) groups excluding carboxylic acids is 1. The summed E-state index contributed by atoms with van der Waals surface area (Å²) in [6.45, 7) is 1.62. The van der Waals surface area contributed by atoms with Gasteiger partial charge in [0.15, 0.2) is 18.9 Å². The van der Waals surface area contributed by atoms with Crippen LogP contribution in [0.3, 0.4) is 0 Å². The molecule has 0 saturated carbocycles. The highest BCUT2D eigenvalue weighted by Gasteiger charge is 2.54. The average molecular weight is 1420 g/mol. The van der Waals surface area contributed by atoms with Gasteiger partial charge in [-0.15, -0.1) is 0 Å². The Hall–Kier alpha value is -3.03. The predicted octanol–water partition coefficient (Wildman–Crippen LogP) is 13.0. The fourth-order valence-electron chi connectivity index (χ4n) is 13.1. The standard InChI is InChI=1S/C81H143NO18/c1-3-5-7-9-11-13-15-17-19-21-23-25-27-28-29-30-31-32-33-34-35-37-38-40-42-44-46-48-50-52-54-56-58-65(86)64(82-69(87)59-57-55-53-51-49-47-45-43-41-39-36-26-24-22-20-18-16-14-12-10-8-6-4-2)63-95-79-75(93)72(90)77(67(61-84)97-79)100-81-76(94)73(91)78(68(62-85)98-81)99-80-74(92)71(89)70(88)66(60-83)96-80/h6,8,12,14,18,20,24,26,39,41,45,47,56,58,64-68,70-81,83-86,88-94H,3-5,7,9-11,13,15-17,19,21-23,25,27-38,40,42-44,46,48-55,57,59-63H2,1-2H3,(H,82,87)/b8-6-,14-12-,20-18-,26-24-,41-39-,47-45-,58-56+. The first-order chi connectivity index (χ1) is 48.8. The van der Waals surface area contributed by atoms with Crippen LogP contribution in [0, 0.1) is 0 Å². The maximum absolute atomic E-state index is 13.5. The van der Waals surface area contributed by atoms with Gasteiger partial charge in [-0.1, -0.05) is 298 Å². The third-order valence-electron chi connectivity index (χ3n) is 19.4. The van der Waals surface area contributed by atoms with Crippen molar-refractivity contribution in [1.29, 1.82) is 0 Å². The number of aliphatic hydroxyl groups is 11. The van der Waals surface area contributed by atoms with E-state index in [0.717, 1.165) is 89.9 Å². The van der Waals surface area contributed by atoms with Crippen LogP contribution in [0.25, 0.3) is 0 Å². The van der Waals surface area contributed by atoms with Crippen LogP contribution in [0.5, 0.6) is 0 Å². The lowest BCUT2D eigenvalue weighted by atomic mass is 9.96. The molecule has 0 radical (unpaired) electrons. The number of aliphatic hydroxyl groups excluding tert-OH is 11. The van der Waals surface area contributed by atoms with Crippen molar-refractivity contribution >= 4 is 5.91 Å². The average Bonchev–Trinajstić information content (AvgIpc) is 0.783. The summed E-state index contributed by atoms with van der Waals surface area (Å²) >= 11 is 0. The van der Waals surface area contributed by atoms with Crippen molar-refractivity contribution < 1.29 is 89.4 Å². The second kappa shape index (κ2) is 61.2. The number of carbonyl (C=O) groups is 1. The Morgan fingerprint density at radius 2 is 0.690 bits per heavy atom. The Morgan fingerprint density at radius 3 is 1.08 bits per heavy atom. The van der Waals surface area contributed by atoms with Gasteiger partial charge in [0.05, 0.1) is 38.6 Å². The highest BCUT2D eigenvalue weighted by atomic mass is 16.8. The van der Waals surface area contributed by atoms with Gasteiger partial charge in [-0.25, -0.2) is 0 Å². The lowest BCUT2D eigenvalue weighted by Gasteiger charge is -2.48. The Morgan fingerprint density at radius 1 is 0.370 bits per heavy atom. The van der Waals surface area contributed by atoms with Crippen LogP contribution in [0.4, 0.5) is 0 Å². The zero-order chi connectivity index (χ0) is 72.5. The van der Waals surface area contributed by atoms with E-state index < -0.39 is 124 Å². The van der Waals surface area contributed by atoms with Crippen molar-refractivity contribution in [2.45, 2.75) is 394 Å². The minimum atomic E-state index is -1.99. The van der Waals surface area contributed by atoms with E-state index in [1.165, 1.54) is 173 Å². The third-order valence-corrected chi connectivity index (χ3v) is 19.4. The first kappa shape index (κ1) is 91.2. The molecule has 3 aliphatic heterocycles. The van der Waals surface area contributed by atoms with Gasteiger partial charge >= 0.3 is 0 Å². The van der Waals surface area contributed by atoms with E-state index in [4.69, 9.17) is 28.4 Å². The van der Waals surface area contributed by atoms with Gasteiger partial charge < -0.3 is 89.9 Å². The number of unbranched alkanes of at least 4 members (excludes halogenated alkanes) is 34. The summed E-state index contributed by atoms with van der Waals surface area (Å²) < 4.78 is 34.4. The fraction of sp³-hybridized carbons (Fsp3) is 0.815. The molecule has 3 aliphatic rings. The summed E-state index contributed by atoms with van der Waals surface area (Å²) in [5.74, 6) is -0.300. The van der Waals surface area contributed by atoms with E-state index in [2.05, 4.69) is 92.1 Å². The monoisotopic (exact) mass is 1420 g/mol. The number of ether oxygens (including phenoxy) is 6. The van der Waals surface area contributed by atoms with E-state index in [1.54, 1.807) is 6.08 Å². The number of rotatable bonds is 62. The number of amides is 1. The van der Waals surface area contributed by atoms with Gasteiger partial charge in [0.1, 0.15) is 73.2 Å². The topological polar surface area (TPSA) is 307 Å². The minimum absolute atomic E-state index is 0.209. The third kappa shape index (κ3) is 41.0. The van der Waals surface area contributed by atoms with Crippen molar-refractivity contribution in [2.24, 2.45) is 0 Å². The first-order valence-electron chi connectivity index (χ1n) is 39.8. The van der Waals surface area contributed by atoms with Crippen molar-refractivity contribution in [3.05, 3.63) is 85.1 Å². The summed E-state index contributed by atoms with van der Waals surface area (Å²) in [7, 11) is 0. The van der Waals surface area contributed by atoms with Crippen LogP contribution in [-0.2, 0) is 33.2 Å². The van der Waals surface area contributed by atoms with Crippen molar-refractivity contribution in [1.82, 2.24) is 5.32 Å². The molecule has 3 saturated heterocycles. The minimum Gasteiger partial charge on any atom is -0.394 e. The zero-order valence-corrected chi connectivity index (χ0v) is 61.9. The molecule has 580 valence electrons. The maximum Gasteiger partial charge on any atom is 0.220 e. The normalized spacial score (nSPS) is 26.9. The highest BCUT2D eigenvalue weighted by molar-refractivity contribution is 5.76. The molecule has 3 fully saturated rings. The van der Waals surface area contributed by atoms with Crippen molar-refractivity contribution in [3.8, 4) is 0 Å². The zero-order valence-electron chi connectivity index (χ0n) is 61.9. The Labute approximate surface area is 603 Å². The first-order valence-corrected chi connectivity index (χ1v) is 39.8. The maximum atomic E-state index is 13.5. The Balaban J connectivity index is 1.39. The summed E-state index contributed by atoms with van der Waals surface area (Å²) in [4.78, 5) is 13.5. The van der Waals surface area contributed by atoms with E-state index in [0.29, 0.717) is 6.42 Å². The summed E-state index contributed by atoms with van der Waals surface area (Å²) in [5, 5.41) is 121. The molecule has 0 spiro atoms. The molecule has 0 aromatic carbocycles. The van der Waals surface area contributed by atoms with E-state index in [9.17, 15) is 61.0 Å². The van der Waals surface area contributed by atoms with Gasteiger partial charge in [-0.05, 0) is 70.6 Å². The van der Waals surface area contributed by atoms with Crippen LogP contribution < -0.4 is 5.32 Å². The van der Waals surface area contributed by atoms with Crippen molar-refractivity contribution in [2.75, 3.05) is 26.4 Å². The molecular weight excluding hydrogens is 1270 g/mol. The molecule has 19 heteroatoms. The molecule has 12 N–H and O–H groups in total. The van der Waals surface area contributed by atoms with E-state index in [-0.39, 0.29) is 18.9 Å². The molecule has 3 heterocycles. The molecule has 0 bridgehead atoms. The molecule has 1 amide bonds. The highest BCUT2D eigenvalue weighted by Crippen LogP contribution is 2.33. The molecular formula is C81H143NO18. The molecule has 17 unspecified atom stereocenters. The van der Waals surface area contributed by atoms with E-state index >= 15 is 0 Å². The Bertz CT molecular complexity index is 2140. The predicted molar refractivity (Wildman–Crippen MR) is 397 cm³/mol. The smallest absolute Gasteiger partial charge is 0.220 e. The quantitative estimate of drug-likeness (QED) is 0.0199. The van der Waals surface area contributed by atoms with Crippen LogP contribution in [0.15, 0.2) is 85.1 Å². The molecule has 17 atom stereocenters. The Kier molecular flexibility index (Phi) is 55.8. The molecule has 0 aromatic heterocycles. The fourth-order valence-corrected chi connectivity index (χ4v) is 13.1. The number of allylic oxidation sites excluding steroid dienone is 13. The lowest BCUT2D eigenvalue weighted by Crippen LogP contribution is -2.66. The van der Waals surface area contributed by atoms with Crippen LogP contribution in [0.2, 0.25) is 0 Å². The van der Waals surface area contributed by atoms with Gasteiger partial charge in [-0.2, -0.15) is 0 Å². The number of hydrogen-bond acceptors (Lipinski definition) is 18. The van der Waals surface area contributed by atoms with Gasteiger partial charge in [0.25, 0.3) is 0 Å². The summed E-state index contributed by atoms with van der Waals surface area (Å²) in [6.07, 6.45) is 54.3. The number of hydrogen-bond donors (Lipinski definition) is 12. The van der Waals surface area contributed by atoms with Crippen molar-refractivity contribution in [3.63, 3.8) is 0 Å². The lowest BCUT2D eigenvalue weighted by molar-refractivity contribution is -0.379. The second-order valence-corrected chi connectivity index (χ2v) is 28.1. The summed E-state index contributed by atoms with van der Waals surface area (Å²) in [6, 6.07) is -0.995. The largest absolute Gasteiger partial charge is 0.394 e. The molecule has 19 nitrogen and oxygen atoms in total. The summed E-state index contributed by atoms with van der Waals surface area (Å²) in [5.41, 5.74) is 0. The van der Waals surface area contributed by atoms with Gasteiger partial charge in [0.2, 0.25) is 5.91 Å². The number of nitrogens with one attached hydrogen (secondary N) is 1. The van der Waals surface area contributed by atoms with Crippen LogP contribution >= 0.6 is 0 Å². The SMILES string of the molecule is CC/C=C\C/C=C\C/C=C\C/C=C\C/C=C\C/C=C\CCCCCCC(=O)NC(COC1OC(CO)C(OC2OC(CO)C(OC3OC(CO)C(O)C(O)C3O)C(O)C2O)C(O)C1O)C(O)/C=C/CCCCCCCCCCCCCCCCCCCCCCCCCCCCCCCC. The molecule has 0 aliphatic carbocycles. The van der Waals surface area contributed by atoms with Crippen LogP contribution in [0.1, 0.15) is 290 Å². The molecule has 0 aromatic rings. The van der Waals surface area contributed by atoms with Gasteiger partial charge in [-0.3, -0.25) is 4.79 Å².